The van der Waals surface area contributed by atoms with Gasteiger partial charge in [-0.25, -0.2) is 5.43 Å². The van der Waals surface area contributed by atoms with Crippen molar-refractivity contribution in [3.63, 3.8) is 0 Å². The number of carbonyl (C=O) groups is 3. The Morgan fingerprint density at radius 2 is 2.16 bits per heavy atom. The van der Waals surface area contributed by atoms with E-state index >= 15 is 0 Å². The van der Waals surface area contributed by atoms with Gasteiger partial charge in [-0.1, -0.05) is 0 Å². The van der Waals surface area contributed by atoms with Crippen LogP contribution >= 0.6 is 0 Å². The summed E-state index contributed by atoms with van der Waals surface area (Å²) in [6.07, 6.45) is 1.78. The number of likely N-dealkylation sites (tertiary alicyclic amines) is 1. The Morgan fingerprint density at radius 1 is 1.42 bits per heavy atom. The number of amides is 2. The van der Waals surface area contributed by atoms with Crippen molar-refractivity contribution in [3.8, 4) is 0 Å². The molecule has 0 aliphatic carbocycles. The van der Waals surface area contributed by atoms with Gasteiger partial charge in [-0.05, 0) is 19.8 Å². The quantitative estimate of drug-likeness (QED) is 0.733. The third-order valence-corrected chi connectivity index (χ3v) is 3.65. The third kappa shape index (κ3) is 2.74. The summed E-state index contributed by atoms with van der Waals surface area (Å²) in [5.41, 5.74) is 1.68. The number of aliphatic carboxylic acids is 1. The highest BCUT2D eigenvalue weighted by Gasteiger charge is 2.40. The minimum absolute atomic E-state index is 0.189. The zero-order valence-corrected chi connectivity index (χ0v) is 10.8. The highest BCUT2D eigenvalue weighted by Crippen LogP contribution is 2.30. The number of rotatable bonds is 2. The lowest BCUT2D eigenvalue weighted by Gasteiger charge is -2.37. The van der Waals surface area contributed by atoms with E-state index in [0.29, 0.717) is 31.5 Å². The van der Waals surface area contributed by atoms with Crippen molar-refractivity contribution < 1.29 is 19.5 Å². The molecule has 104 valence electrons. The second-order valence-electron chi connectivity index (χ2n) is 5.29. The predicted molar refractivity (Wildman–Crippen MR) is 66.4 cm³/mol. The van der Waals surface area contributed by atoms with Crippen molar-refractivity contribution in [1.29, 1.82) is 0 Å². The smallest absolute Gasteiger partial charge is 0.311 e. The van der Waals surface area contributed by atoms with Crippen LogP contribution in [0.3, 0.4) is 0 Å². The van der Waals surface area contributed by atoms with Crippen molar-refractivity contribution in [2.45, 2.75) is 32.6 Å². The molecule has 0 aromatic carbocycles. The molecular formula is C12H17N3O4. The van der Waals surface area contributed by atoms with Gasteiger partial charge in [0.1, 0.15) is 5.71 Å². The van der Waals surface area contributed by atoms with Crippen LogP contribution in [0.15, 0.2) is 5.10 Å². The maximum atomic E-state index is 12.2. The van der Waals surface area contributed by atoms with Crippen LogP contribution in [0.25, 0.3) is 0 Å². The molecular weight excluding hydrogens is 250 g/mol. The summed E-state index contributed by atoms with van der Waals surface area (Å²) in [6, 6.07) is 0. The fourth-order valence-corrected chi connectivity index (χ4v) is 2.40. The number of nitrogens with one attached hydrogen (secondary N) is 1. The minimum Gasteiger partial charge on any atom is -0.481 e. The van der Waals surface area contributed by atoms with Crippen LogP contribution in [-0.2, 0) is 14.4 Å². The summed E-state index contributed by atoms with van der Waals surface area (Å²) in [6.45, 7) is 2.38. The zero-order valence-electron chi connectivity index (χ0n) is 10.8. The van der Waals surface area contributed by atoms with Crippen molar-refractivity contribution >= 4 is 23.5 Å². The lowest BCUT2D eigenvalue weighted by Crippen LogP contribution is -2.51. The van der Waals surface area contributed by atoms with Crippen LogP contribution in [0.2, 0.25) is 0 Å². The van der Waals surface area contributed by atoms with E-state index < -0.39 is 11.4 Å². The van der Waals surface area contributed by atoms with E-state index in [1.54, 1.807) is 6.92 Å². The van der Waals surface area contributed by atoms with Gasteiger partial charge in [-0.2, -0.15) is 5.10 Å². The number of piperidine rings is 1. The van der Waals surface area contributed by atoms with Gasteiger partial charge in [0.05, 0.1) is 5.41 Å². The van der Waals surface area contributed by atoms with E-state index in [2.05, 4.69) is 10.5 Å². The average Bonchev–Trinajstić information content (AvgIpc) is 2.39. The lowest BCUT2D eigenvalue weighted by molar-refractivity contribution is -0.152. The van der Waals surface area contributed by atoms with Gasteiger partial charge in [-0.15, -0.1) is 0 Å². The lowest BCUT2D eigenvalue weighted by atomic mass is 9.82. The van der Waals surface area contributed by atoms with Crippen LogP contribution < -0.4 is 5.43 Å². The molecule has 2 heterocycles. The van der Waals surface area contributed by atoms with Crippen LogP contribution in [0.5, 0.6) is 0 Å². The molecule has 0 aromatic heterocycles. The maximum Gasteiger partial charge on any atom is 0.311 e. The van der Waals surface area contributed by atoms with E-state index in [1.165, 1.54) is 4.90 Å². The molecule has 2 N–H and O–H groups in total. The Morgan fingerprint density at radius 3 is 2.74 bits per heavy atom. The monoisotopic (exact) mass is 267 g/mol. The highest BCUT2D eigenvalue weighted by molar-refractivity contribution is 6.39. The van der Waals surface area contributed by atoms with E-state index in [1.807, 2.05) is 0 Å². The largest absolute Gasteiger partial charge is 0.481 e. The summed E-state index contributed by atoms with van der Waals surface area (Å²) >= 11 is 0. The van der Waals surface area contributed by atoms with Gasteiger partial charge >= 0.3 is 5.97 Å². The molecule has 1 fully saturated rings. The molecule has 1 unspecified atom stereocenters. The van der Waals surface area contributed by atoms with Crippen LogP contribution in [0.4, 0.5) is 0 Å². The summed E-state index contributed by atoms with van der Waals surface area (Å²) in [7, 11) is 0. The van der Waals surface area contributed by atoms with Crippen molar-refractivity contribution in [3.05, 3.63) is 0 Å². The summed E-state index contributed by atoms with van der Waals surface area (Å²) in [5.74, 6) is -1.36. The van der Waals surface area contributed by atoms with E-state index in [-0.39, 0.29) is 24.8 Å². The first-order valence-electron chi connectivity index (χ1n) is 6.30. The maximum absolute atomic E-state index is 12.2. The Balaban J connectivity index is 2.07. The Bertz CT molecular complexity index is 460. The number of carboxylic acids is 1. The molecule has 2 rings (SSSR count). The minimum atomic E-state index is -0.896. The Hall–Kier alpha value is -1.92. The van der Waals surface area contributed by atoms with Gasteiger partial charge in [0.2, 0.25) is 5.91 Å². The van der Waals surface area contributed by atoms with Crippen LogP contribution in [0, 0.1) is 5.41 Å². The number of carbonyl (C=O) groups excluding carboxylic acids is 2. The topological polar surface area (TPSA) is 99.1 Å². The second kappa shape index (κ2) is 4.99. The van der Waals surface area contributed by atoms with Crippen LogP contribution in [-0.4, -0.2) is 46.6 Å². The molecule has 1 saturated heterocycles. The molecule has 2 aliphatic rings. The number of nitrogens with zero attached hydrogens (tertiary/aromatic N) is 2. The van der Waals surface area contributed by atoms with Gasteiger partial charge in [0.25, 0.3) is 5.91 Å². The van der Waals surface area contributed by atoms with Crippen LogP contribution in [0.1, 0.15) is 32.6 Å². The molecule has 2 aliphatic heterocycles. The molecule has 7 heteroatoms. The van der Waals surface area contributed by atoms with Crippen molar-refractivity contribution in [1.82, 2.24) is 10.3 Å². The van der Waals surface area contributed by atoms with Crippen molar-refractivity contribution in [2.24, 2.45) is 10.5 Å². The number of carboxylic acid groups (broad SMARTS) is 1. The van der Waals surface area contributed by atoms with Gasteiger partial charge in [0.15, 0.2) is 0 Å². The zero-order chi connectivity index (χ0) is 14.0. The number of hydrogen-bond donors (Lipinski definition) is 2. The second-order valence-corrected chi connectivity index (χ2v) is 5.29. The van der Waals surface area contributed by atoms with Gasteiger partial charge < -0.3 is 10.0 Å². The van der Waals surface area contributed by atoms with Gasteiger partial charge in [-0.3, -0.25) is 14.4 Å². The Labute approximate surface area is 110 Å². The fourth-order valence-electron chi connectivity index (χ4n) is 2.40. The molecule has 0 aromatic rings. The Kier molecular flexibility index (Phi) is 3.55. The summed E-state index contributed by atoms with van der Waals surface area (Å²) in [4.78, 5) is 36.0. The molecule has 0 radical (unpaired) electrons. The van der Waals surface area contributed by atoms with E-state index in [0.717, 1.165) is 0 Å². The normalized spacial score (nSPS) is 27.5. The third-order valence-electron chi connectivity index (χ3n) is 3.65. The fraction of sp³-hybridized carbons (Fsp3) is 0.667. The molecule has 2 amide bonds. The van der Waals surface area contributed by atoms with E-state index in [4.69, 9.17) is 0 Å². The first-order valence-corrected chi connectivity index (χ1v) is 6.30. The molecule has 0 bridgehead atoms. The van der Waals surface area contributed by atoms with Crippen molar-refractivity contribution in [2.75, 3.05) is 13.1 Å². The van der Waals surface area contributed by atoms with E-state index in [9.17, 15) is 19.5 Å². The summed E-state index contributed by atoms with van der Waals surface area (Å²) in [5, 5.41) is 13.0. The predicted octanol–water partition coefficient (Wildman–Crippen LogP) is -0.0343. The molecule has 0 spiro atoms. The summed E-state index contributed by atoms with van der Waals surface area (Å²) < 4.78 is 0. The molecule has 1 atom stereocenters. The standard InChI is InChI=1S/C12H17N3O4/c1-12(11(18)19)5-2-6-15(7-12)10(17)8-3-4-9(16)14-13-8/h2-7H2,1H3,(H,14,16)(H,18,19). The average molecular weight is 267 g/mol. The number of hydrazone groups is 1. The molecule has 19 heavy (non-hydrogen) atoms. The molecule has 0 saturated carbocycles. The SMILES string of the molecule is CC1(C(=O)O)CCCN(C(=O)C2=NNC(=O)CC2)C1. The van der Waals surface area contributed by atoms with Gasteiger partial charge in [0, 0.05) is 25.9 Å². The first-order chi connectivity index (χ1) is 8.92. The number of hydrogen-bond acceptors (Lipinski definition) is 4. The highest BCUT2D eigenvalue weighted by atomic mass is 16.4. The molecule has 7 nitrogen and oxygen atoms in total. The first kappa shape index (κ1) is 13.5.